The van der Waals surface area contributed by atoms with Gasteiger partial charge in [0.15, 0.2) is 0 Å². The second-order valence-electron chi connectivity index (χ2n) is 16.5. The van der Waals surface area contributed by atoms with E-state index < -0.39 is 0 Å². The second kappa shape index (κ2) is 17.9. The van der Waals surface area contributed by atoms with Gasteiger partial charge in [-0.1, -0.05) is 152 Å². The summed E-state index contributed by atoms with van der Waals surface area (Å²) in [6, 6.07) is 59.2. The number of aryl methyl sites for hydroxylation is 1. The molecule has 0 spiro atoms. The number of nitrogens with one attached hydrogen (secondary N) is 1. The topological polar surface area (TPSA) is 47.9 Å². The van der Waals surface area contributed by atoms with E-state index in [2.05, 4.69) is 191 Å². The minimum Gasteiger partial charge on any atom is -0.372 e. The van der Waals surface area contributed by atoms with Crippen molar-refractivity contribution in [2.45, 2.75) is 33.1 Å². The molecule has 0 amide bonds. The summed E-state index contributed by atoms with van der Waals surface area (Å²) in [5.74, 6) is 0. The fourth-order valence-corrected chi connectivity index (χ4v) is 10.6. The quantitative estimate of drug-likeness (QED) is 0.129. The van der Waals surface area contributed by atoms with Crippen molar-refractivity contribution in [2.24, 2.45) is 12.8 Å². The molecule has 0 fully saturated rings. The van der Waals surface area contributed by atoms with E-state index in [1.807, 2.05) is 49.5 Å². The number of rotatable bonds is 6. The Morgan fingerprint density at radius 2 is 1.25 bits per heavy atom. The van der Waals surface area contributed by atoms with Gasteiger partial charge in [-0.05, 0) is 109 Å². The van der Waals surface area contributed by atoms with Gasteiger partial charge in [-0.2, -0.15) is 0 Å². The monoisotopic (exact) mass is 848 g/mol. The molecule has 0 aliphatic heterocycles. The van der Waals surface area contributed by atoms with Gasteiger partial charge in [0.05, 0.1) is 23.2 Å². The Morgan fingerprint density at radius 1 is 0.609 bits per heavy atom. The minimum atomic E-state index is 0.441. The van der Waals surface area contributed by atoms with Crippen LogP contribution in [0, 0.1) is 0 Å². The molecule has 3 heterocycles. The number of thiophene rings is 1. The second-order valence-corrected chi connectivity index (χ2v) is 17.6. The average Bonchev–Trinajstić information content (AvgIpc) is 4.00. The fraction of sp³-hybridized carbons (Fsp3) is 0.119. The molecule has 0 radical (unpaired) electrons. The van der Waals surface area contributed by atoms with Crippen molar-refractivity contribution >= 4 is 97.3 Å². The van der Waals surface area contributed by atoms with Crippen LogP contribution in [0.3, 0.4) is 0 Å². The van der Waals surface area contributed by atoms with E-state index in [0.717, 1.165) is 24.9 Å². The maximum Gasteiger partial charge on any atom is 0.0631 e. The van der Waals surface area contributed by atoms with Crippen LogP contribution in [-0.4, -0.2) is 15.8 Å². The van der Waals surface area contributed by atoms with Crippen LogP contribution in [0.1, 0.15) is 37.8 Å². The standard InChI is InChI=1S/C31H22N2S.C24H22N2.C4H8/c1-32-24-13-7-5-11-20(24)22-15-17-26-28(30(22)32)29-27(34-26)18-16-23-21-12-6-8-14-25(21)33(31(23)29)19-9-3-2-4-10-19;25-17-26-24-9-5-4-8-23(24)15-18-10-11-22-16-21(13-12-20(22)14-18)19-6-2-1-3-7-19;1-3-4-2/h2-3,5-9,11-18H,4,10H2,1H3;1-14,16,26H,15,17,25H2;3-4H,1-2H3/b;;4-3-. The smallest absolute Gasteiger partial charge is 0.0631 e. The van der Waals surface area contributed by atoms with Gasteiger partial charge in [0.25, 0.3) is 0 Å². The van der Waals surface area contributed by atoms with Crippen molar-refractivity contribution in [1.29, 1.82) is 0 Å². The van der Waals surface area contributed by atoms with Crippen LogP contribution in [0.25, 0.3) is 91.4 Å². The average molecular weight is 849 g/mol. The lowest BCUT2D eigenvalue weighted by Gasteiger charge is -2.14. The molecule has 0 saturated heterocycles. The highest BCUT2D eigenvalue weighted by molar-refractivity contribution is 7.26. The molecule has 3 N–H and O–H groups in total. The molecule has 5 heteroatoms. The predicted molar refractivity (Wildman–Crippen MR) is 281 cm³/mol. The highest BCUT2D eigenvalue weighted by atomic mass is 32.1. The number of fused-ring (bicyclic) bond motifs is 12. The third-order valence-electron chi connectivity index (χ3n) is 12.6. The molecule has 1 aliphatic carbocycles. The maximum absolute atomic E-state index is 5.65. The van der Waals surface area contributed by atoms with Crippen LogP contribution in [0.4, 0.5) is 5.69 Å². The molecular weight excluding hydrogens is 797 g/mol. The van der Waals surface area contributed by atoms with Crippen molar-refractivity contribution < 1.29 is 0 Å². The number of hydrogen-bond acceptors (Lipinski definition) is 3. The summed E-state index contributed by atoms with van der Waals surface area (Å²) in [6.07, 6.45) is 13.8. The summed E-state index contributed by atoms with van der Waals surface area (Å²) >= 11 is 1.92. The molecule has 8 aromatic carbocycles. The molecule has 314 valence electrons. The van der Waals surface area contributed by atoms with Crippen LogP contribution < -0.4 is 11.1 Å². The fourth-order valence-electron chi connectivity index (χ4n) is 9.53. The number of nitrogens with two attached hydrogens (primary N) is 1. The van der Waals surface area contributed by atoms with E-state index in [1.54, 1.807) is 0 Å². The first-order valence-corrected chi connectivity index (χ1v) is 23.2. The first kappa shape index (κ1) is 40.9. The molecule has 0 saturated carbocycles. The first-order valence-electron chi connectivity index (χ1n) is 22.3. The third-order valence-corrected chi connectivity index (χ3v) is 13.7. The van der Waals surface area contributed by atoms with E-state index in [9.17, 15) is 0 Å². The largest absolute Gasteiger partial charge is 0.372 e. The third kappa shape index (κ3) is 7.47. The van der Waals surface area contributed by atoms with Gasteiger partial charge in [0, 0.05) is 65.7 Å². The van der Waals surface area contributed by atoms with Gasteiger partial charge in [0.2, 0.25) is 0 Å². The zero-order valence-electron chi connectivity index (χ0n) is 36.7. The van der Waals surface area contributed by atoms with Crippen molar-refractivity contribution in [3.63, 3.8) is 0 Å². The first-order chi connectivity index (χ1) is 31.6. The van der Waals surface area contributed by atoms with Gasteiger partial charge in [-0.15, -0.1) is 11.3 Å². The Hall–Kier alpha value is -7.18. The lowest BCUT2D eigenvalue weighted by Crippen LogP contribution is -2.12. The summed E-state index contributed by atoms with van der Waals surface area (Å²) in [5, 5.41) is 13.9. The molecule has 3 aromatic heterocycles. The van der Waals surface area contributed by atoms with Gasteiger partial charge in [-0.3, -0.25) is 0 Å². The SMILES string of the molecule is C/C=C\C.Cn1c2ccccc2c2ccc3sc4ccc5c6ccccc6n(C6=CC=CCC6)c5c4c3c21.NCNc1ccccc1Cc1ccc2cc(-c3ccccc3)ccc2c1. The van der Waals surface area contributed by atoms with Gasteiger partial charge in [0.1, 0.15) is 0 Å². The highest BCUT2D eigenvalue weighted by Gasteiger charge is 2.22. The highest BCUT2D eigenvalue weighted by Crippen LogP contribution is 2.47. The predicted octanol–water partition coefficient (Wildman–Crippen LogP) is 16.0. The Labute approximate surface area is 378 Å². The summed E-state index contributed by atoms with van der Waals surface area (Å²) in [6.45, 7) is 4.44. The van der Waals surface area contributed by atoms with Crippen LogP contribution in [0.2, 0.25) is 0 Å². The van der Waals surface area contributed by atoms with Crippen molar-refractivity contribution in [2.75, 3.05) is 12.0 Å². The molecule has 0 unspecified atom stereocenters. The van der Waals surface area contributed by atoms with Crippen LogP contribution >= 0.6 is 11.3 Å². The van der Waals surface area contributed by atoms with Crippen LogP contribution in [-0.2, 0) is 13.5 Å². The number of allylic oxidation sites excluding steroid dienone is 6. The zero-order valence-corrected chi connectivity index (χ0v) is 37.5. The molecule has 4 nitrogen and oxygen atoms in total. The zero-order chi connectivity index (χ0) is 43.6. The molecule has 12 rings (SSSR count). The van der Waals surface area contributed by atoms with Crippen molar-refractivity contribution in [3.8, 4) is 11.1 Å². The van der Waals surface area contributed by atoms with Gasteiger partial charge in [-0.25, -0.2) is 0 Å². The summed E-state index contributed by atoms with van der Waals surface area (Å²) < 4.78 is 7.66. The Bertz CT molecular complexity index is 3570. The number of anilines is 1. The van der Waals surface area contributed by atoms with Crippen molar-refractivity contribution in [1.82, 2.24) is 9.13 Å². The van der Waals surface area contributed by atoms with E-state index in [1.165, 1.54) is 103 Å². The van der Waals surface area contributed by atoms with Gasteiger partial charge >= 0.3 is 0 Å². The van der Waals surface area contributed by atoms with E-state index >= 15 is 0 Å². The number of nitrogens with zero attached hydrogens (tertiary/aromatic N) is 2. The molecule has 11 aromatic rings. The number of hydrogen-bond donors (Lipinski definition) is 2. The minimum absolute atomic E-state index is 0.441. The Kier molecular flexibility index (Phi) is 11.4. The molecule has 64 heavy (non-hydrogen) atoms. The number of benzene rings is 8. The van der Waals surface area contributed by atoms with Crippen LogP contribution in [0.5, 0.6) is 0 Å². The van der Waals surface area contributed by atoms with Crippen molar-refractivity contribution in [3.05, 3.63) is 205 Å². The number of para-hydroxylation sites is 3. The van der Waals surface area contributed by atoms with E-state index in [4.69, 9.17) is 5.73 Å². The Balaban J connectivity index is 0.000000145. The molecule has 1 aliphatic rings. The van der Waals surface area contributed by atoms with Gasteiger partial charge < -0.3 is 20.2 Å². The molecule has 0 bridgehead atoms. The van der Waals surface area contributed by atoms with Crippen LogP contribution in [0.15, 0.2) is 194 Å². The summed E-state index contributed by atoms with van der Waals surface area (Å²) in [7, 11) is 2.22. The van der Waals surface area contributed by atoms with E-state index in [0.29, 0.717) is 6.67 Å². The lowest BCUT2D eigenvalue weighted by atomic mass is 9.97. The summed E-state index contributed by atoms with van der Waals surface area (Å²) in [5.41, 5.74) is 18.5. The number of aromatic nitrogens is 2. The van der Waals surface area contributed by atoms with E-state index in [-0.39, 0.29) is 0 Å². The normalized spacial score (nSPS) is 12.7. The summed E-state index contributed by atoms with van der Waals surface area (Å²) in [4.78, 5) is 0. The maximum atomic E-state index is 5.65. The lowest BCUT2D eigenvalue weighted by molar-refractivity contribution is 0.981. The molecular formula is C59H52N4S. The Morgan fingerprint density at radius 3 is 1.98 bits per heavy atom. The molecule has 0 atom stereocenters.